The Balaban J connectivity index is 1.65. The zero-order chi connectivity index (χ0) is 17.4. The van der Waals surface area contributed by atoms with Crippen molar-refractivity contribution in [2.45, 2.75) is 13.0 Å². The van der Waals surface area contributed by atoms with E-state index in [2.05, 4.69) is 33.1 Å². The van der Waals surface area contributed by atoms with Gasteiger partial charge in [0.05, 0.1) is 0 Å². The average Bonchev–Trinajstić information content (AvgIpc) is 3.00. The number of nitrogens with two attached hydrogens (primary N) is 2. The second kappa shape index (κ2) is 6.26. The smallest absolute Gasteiger partial charge is 0.221 e. The Bertz CT molecular complexity index is 924. The van der Waals surface area contributed by atoms with Gasteiger partial charge in [-0.05, 0) is 41.3 Å². The molecular formula is C19H18ClN5. The topological polar surface area (TPSA) is 81.1 Å². The maximum absolute atomic E-state index is 5.99. The molecule has 0 atom stereocenters. The van der Waals surface area contributed by atoms with Crippen LogP contribution < -0.4 is 16.4 Å². The summed E-state index contributed by atoms with van der Waals surface area (Å²) < 4.78 is 0. The lowest BCUT2D eigenvalue weighted by Gasteiger charge is -2.20. The molecule has 1 aliphatic heterocycles. The lowest BCUT2D eigenvalue weighted by molar-refractivity contribution is 0.830. The van der Waals surface area contributed by atoms with Gasteiger partial charge in [0.1, 0.15) is 5.82 Å². The van der Waals surface area contributed by atoms with Gasteiger partial charge in [-0.15, -0.1) is 0 Å². The van der Waals surface area contributed by atoms with E-state index >= 15 is 0 Å². The van der Waals surface area contributed by atoms with Crippen molar-refractivity contribution >= 4 is 29.1 Å². The molecule has 3 aromatic rings. The van der Waals surface area contributed by atoms with E-state index in [4.69, 9.17) is 23.1 Å². The molecule has 5 nitrogen and oxygen atoms in total. The molecule has 0 spiro atoms. The molecule has 1 aromatic heterocycles. The first kappa shape index (κ1) is 15.7. The van der Waals surface area contributed by atoms with E-state index in [1.165, 1.54) is 16.8 Å². The van der Waals surface area contributed by atoms with Gasteiger partial charge in [0.2, 0.25) is 5.95 Å². The number of hydrogen-bond acceptors (Lipinski definition) is 5. The molecule has 4 N–H and O–H groups in total. The summed E-state index contributed by atoms with van der Waals surface area (Å²) in [5.74, 6) is 0.642. The van der Waals surface area contributed by atoms with Gasteiger partial charge in [0.25, 0.3) is 0 Å². The van der Waals surface area contributed by atoms with Gasteiger partial charge in [-0.3, -0.25) is 0 Å². The second-order valence-electron chi connectivity index (χ2n) is 6.16. The zero-order valence-electron chi connectivity index (χ0n) is 13.6. The van der Waals surface area contributed by atoms with Crippen molar-refractivity contribution in [2.75, 3.05) is 22.9 Å². The minimum atomic E-state index is 0.202. The number of benzene rings is 2. The summed E-state index contributed by atoms with van der Waals surface area (Å²) in [5.41, 5.74) is 17.3. The van der Waals surface area contributed by atoms with Crippen molar-refractivity contribution in [1.29, 1.82) is 0 Å². The average molecular weight is 352 g/mol. The van der Waals surface area contributed by atoms with Crippen LogP contribution in [0.5, 0.6) is 0 Å². The third-order valence-corrected chi connectivity index (χ3v) is 4.78. The fourth-order valence-electron chi connectivity index (χ4n) is 3.19. The molecule has 1 aliphatic rings. The number of fused-ring (bicyclic) bond motifs is 1. The Hall–Kier alpha value is -2.79. The Morgan fingerprint density at radius 3 is 2.56 bits per heavy atom. The standard InChI is InChI=1S/C19H18ClN5/c20-16-5-3-12(4-6-16)14-2-1-13-7-8-25(17(13)9-14)11-15-10-23-19(22)24-18(15)21/h1-6,9-10H,7-8,11H2,(H4,21,22,23,24). The number of aromatic nitrogens is 2. The first-order chi connectivity index (χ1) is 12.1. The summed E-state index contributed by atoms with van der Waals surface area (Å²) in [4.78, 5) is 10.4. The summed E-state index contributed by atoms with van der Waals surface area (Å²) in [7, 11) is 0. The van der Waals surface area contributed by atoms with Gasteiger partial charge >= 0.3 is 0 Å². The summed E-state index contributed by atoms with van der Waals surface area (Å²) in [6.07, 6.45) is 2.73. The van der Waals surface area contributed by atoms with E-state index in [9.17, 15) is 0 Å². The van der Waals surface area contributed by atoms with Crippen LogP contribution in [0, 0.1) is 0 Å². The number of hydrogen-bond donors (Lipinski definition) is 2. The molecule has 4 rings (SSSR count). The van der Waals surface area contributed by atoms with Crippen LogP contribution in [0.3, 0.4) is 0 Å². The SMILES string of the molecule is Nc1ncc(CN2CCc3ccc(-c4ccc(Cl)cc4)cc32)c(N)n1. The van der Waals surface area contributed by atoms with Crippen molar-refractivity contribution < 1.29 is 0 Å². The van der Waals surface area contributed by atoms with E-state index in [0.29, 0.717) is 12.4 Å². The van der Waals surface area contributed by atoms with E-state index in [0.717, 1.165) is 29.1 Å². The minimum Gasteiger partial charge on any atom is -0.383 e. The van der Waals surface area contributed by atoms with Crippen LogP contribution >= 0.6 is 11.6 Å². The van der Waals surface area contributed by atoms with Crippen LogP contribution in [-0.4, -0.2) is 16.5 Å². The quantitative estimate of drug-likeness (QED) is 0.754. The Labute approximate surface area is 151 Å². The van der Waals surface area contributed by atoms with Crippen LogP contribution in [0.25, 0.3) is 11.1 Å². The van der Waals surface area contributed by atoms with Crippen LogP contribution in [-0.2, 0) is 13.0 Å². The van der Waals surface area contributed by atoms with E-state index in [-0.39, 0.29) is 5.95 Å². The van der Waals surface area contributed by atoms with Crippen molar-refractivity contribution in [1.82, 2.24) is 9.97 Å². The molecule has 6 heteroatoms. The maximum atomic E-state index is 5.99. The number of rotatable bonds is 3. The first-order valence-electron chi connectivity index (χ1n) is 8.11. The van der Waals surface area contributed by atoms with Crippen LogP contribution in [0.15, 0.2) is 48.7 Å². The van der Waals surface area contributed by atoms with Crippen LogP contribution in [0.4, 0.5) is 17.5 Å². The fourth-order valence-corrected chi connectivity index (χ4v) is 3.32. The summed E-state index contributed by atoms with van der Waals surface area (Å²) in [6.45, 7) is 1.62. The molecule has 0 saturated heterocycles. The van der Waals surface area contributed by atoms with E-state index < -0.39 is 0 Å². The Morgan fingerprint density at radius 1 is 1.04 bits per heavy atom. The van der Waals surface area contributed by atoms with Crippen LogP contribution in [0.2, 0.25) is 5.02 Å². The van der Waals surface area contributed by atoms with E-state index in [1.54, 1.807) is 6.20 Å². The zero-order valence-corrected chi connectivity index (χ0v) is 14.4. The van der Waals surface area contributed by atoms with Crippen LogP contribution in [0.1, 0.15) is 11.1 Å². The number of nitrogen functional groups attached to an aromatic ring is 2. The van der Waals surface area contributed by atoms with Gasteiger partial charge < -0.3 is 16.4 Å². The normalized spacial score (nSPS) is 13.1. The predicted octanol–water partition coefficient (Wildman–Crippen LogP) is 3.52. The van der Waals surface area contributed by atoms with Crippen molar-refractivity contribution in [2.24, 2.45) is 0 Å². The molecule has 2 aromatic carbocycles. The van der Waals surface area contributed by atoms with Gasteiger partial charge in [-0.25, -0.2) is 4.98 Å². The predicted molar refractivity (Wildman–Crippen MR) is 102 cm³/mol. The van der Waals surface area contributed by atoms with Gasteiger partial charge in [0.15, 0.2) is 0 Å². The lowest BCUT2D eigenvalue weighted by Crippen LogP contribution is -2.21. The molecule has 0 bridgehead atoms. The maximum Gasteiger partial charge on any atom is 0.221 e. The van der Waals surface area contributed by atoms with Crippen molar-refractivity contribution in [3.8, 4) is 11.1 Å². The molecule has 0 radical (unpaired) electrons. The Kier molecular flexibility index (Phi) is 3.93. The van der Waals surface area contributed by atoms with Crippen molar-refractivity contribution in [3.63, 3.8) is 0 Å². The number of nitrogens with zero attached hydrogens (tertiary/aromatic N) is 3. The Morgan fingerprint density at radius 2 is 1.80 bits per heavy atom. The summed E-state index contributed by atoms with van der Waals surface area (Å²) in [5, 5.41) is 0.741. The summed E-state index contributed by atoms with van der Waals surface area (Å²) in [6, 6.07) is 14.5. The molecule has 2 heterocycles. The highest BCUT2D eigenvalue weighted by Crippen LogP contribution is 2.34. The van der Waals surface area contributed by atoms with Gasteiger partial charge in [-0.2, -0.15) is 4.98 Å². The first-order valence-corrected chi connectivity index (χ1v) is 8.48. The molecule has 0 fully saturated rings. The van der Waals surface area contributed by atoms with Crippen molar-refractivity contribution in [3.05, 3.63) is 64.8 Å². The number of anilines is 3. The molecular weight excluding hydrogens is 334 g/mol. The molecule has 25 heavy (non-hydrogen) atoms. The summed E-state index contributed by atoms with van der Waals surface area (Å²) >= 11 is 5.99. The lowest BCUT2D eigenvalue weighted by atomic mass is 10.0. The van der Waals surface area contributed by atoms with E-state index in [1.807, 2.05) is 24.3 Å². The third kappa shape index (κ3) is 3.10. The third-order valence-electron chi connectivity index (χ3n) is 4.53. The van der Waals surface area contributed by atoms with Gasteiger partial charge in [0, 0.05) is 35.6 Å². The molecule has 0 aliphatic carbocycles. The highest BCUT2D eigenvalue weighted by Gasteiger charge is 2.21. The molecule has 0 unspecified atom stereocenters. The largest absolute Gasteiger partial charge is 0.383 e. The van der Waals surface area contributed by atoms with Gasteiger partial charge in [-0.1, -0.05) is 35.9 Å². The minimum absolute atomic E-state index is 0.202. The molecule has 0 amide bonds. The molecule has 0 saturated carbocycles. The highest BCUT2D eigenvalue weighted by molar-refractivity contribution is 6.30. The number of halogens is 1. The second-order valence-corrected chi connectivity index (χ2v) is 6.60. The molecule has 126 valence electrons. The fraction of sp³-hybridized carbons (Fsp3) is 0.158. The monoisotopic (exact) mass is 351 g/mol. The highest BCUT2D eigenvalue weighted by atomic mass is 35.5.